The van der Waals surface area contributed by atoms with Gasteiger partial charge in [-0.3, -0.25) is 0 Å². The average Bonchev–Trinajstić information content (AvgIpc) is 2.90. The van der Waals surface area contributed by atoms with Gasteiger partial charge in [0.05, 0.1) is 17.6 Å². The predicted octanol–water partition coefficient (Wildman–Crippen LogP) is 3.55. The van der Waals surface area contributed by atoms with Crippen molar-refractivity contribution in [1.29, 1.82) is 0 Å². The quantitative estimate of drug-likeness (QED) is 0.702. The van der Waals surface area contributed by atoms with Crippen LogP contribution in [0, 0.1) is 0 Å². The van der Waals surface area contributed by atoms with Crippen LogP contribution in [0.3, 0.4) is 0 Å². The van der Waals surface area contributed by atoms with Gasteiger partial charge in [-0.1, -0.05) is 30.3 Å². The first-order valence-corrected chi connectivity index (χ1v) is 7.19. The molecule has 3 aromatic rings. The molecule has 1 aromatic heterocycles. The lowest BCUT2D eigenvalue weighted by Crippen LogP contribution is -2.07. The summed E-state index contributed by atoms with van der Waals surface area (Å²) in [4.78, 5) is 4.58. The van der Waals surface area contributed by atoms with Crippen molar-refractivity contribution in [2.45, 2.75) is 13.0 Å². The number of anilines is 1. The SMILES string of the molecule is CNc1nc2ccccc2n1CCCOc1ccccc1. The second-order valence-corrected chi connectivity index (χ2v) is 4.84. The maximum atomic E-state index is 5.74. The second-order valence-electron chi connectivity index (χ2n) is 4.84. The maximum absolute atomic E-state index is 5.74. The molecule has 0 atom stereocenters. The topological polar surface area (TPSA) is 39.1 Å². The van der Waals surface area contributed by atoms with Crippen LogP contribution in [0.15, 0.2) is 54.6 Å². The Morgan fingerprint density at radius 2 is 1.81 bits per heavy atom. The molecule has 0 radical (unpaired) electrons. The molecule has 0 aliphatic carbocycles. The number of aromatic nitrogens is 2. The normalized spacial score (nSPS) is 10.7. The van der Waals surface area contributed by atoms with E-state index in [1.165, 1.54) is 0 Å². The van der Waals surface area contributed by atoms with E-state index in [-0.39, 0.29) is 0 Å². The largest absolute Gasteiger partial charge is 0.494 e. The number of aryl methyl sites for hydroxylation is 1. The van der Waals surface area contributed by atoms with Gasteiger partial charge in [-0.2, -0.15) is 0 Å². The number of hydrogen-bond donors (Lipinski definition) is 1. The fraction of sp³-hybridized carbons (Fsp3) is 0.235. The van der Waals surface area contributed by atoms with Crippen molar-refractivity contribution >= 4 is 17.0 Å². The van der Waals surface area contributed by atoms with Crippen molar-refractivity contribution in [3.05, 3.63) is 54.6 Å². The van der Waals surface area contributed by atoms with Crippen LogP contribution >= 0.6 is 0 Å². The molecule has 108 valence electrons. The van der Waals surface area contributed by atoms with Crippen molar-refractivity contribution in [3.63, 3.8) is 0 Å². The Morgan fingerprint density at radius 3 is 2.62 bits per heavy atom. The summed E-state index contributed by atoms with van der Waals surface area (Å²) < 4.78 is 7.93. The van der Waals surface area contributed by atoms with E-state index < -0.39 is 0 Å². The van der Waals surface area contributed by atoms with Crippen LogP contribution in [0.1, 0.15) is 6.42 Å². The molecule has 0 aliphatic rings. The third-order valence-electron chi connectivity index (χ3n) is 3.42. The summed E-state index contributed by atoms with van der Waals surface area (Å²) >= 11 is 0. The van der Waals surface area contributed by atoms with Gasteiger partial charge in [-0.05, 0) is 30.7 Å². The number of hydrogen-bond acceptors (Lipinski definition) is 3. The molecule has 4 heteroatoms. The first-order valence-electron chi connectivity index (χ1n) is 7.19. The molecule has 0 saturated carbocycles. The molecule has 1 N–H and O–H groups in total. The highest BCUT2D eigenvalue weighted by molar-refractivity contribution is 5.78. The van der Waals surface area contributed by atoms with Crippen LogP contribution < -0.4 is 10.1 Å². The fourth-order valence-corrected chi connectivity index (χ4v) is 2.42. The third-order valence-corrected chi connectivity index (χ3v) is 3.42. The van der Waals surface area contributed by atoms with Crippen molar-refractivity contribution in [3.8, 4) is 5.75 Å². The Bertz CT molecular complexity index is 706. The van der Waals surface area contributed by atoms with E-state index in [1.807, 2.05) is 55.6 Å². The van der Waals surface area contributed by atoms with Gasteiger partial charge in [0, 0.05) is 13.6 Å². The minimum atomic E-state index is 0.694. The average molecular weight is 281 g/mol. The lowest BCUT2D eigenvalue weighted by molar-refractivity contribution is 0.303. The van der Waals surface area contributed by atoms with Crippen LogP contribution in [0.2, 0.25) is 0 Å². The Balaban J connectivity index is 1.65. The van der Waals surface area contributed by atoms with Crippen LogP contribution in [-0.2, 0) is 6.54 Å². The number of fused-ring (bicyclic) bond motifs is 1. The summed E-state index contributed by atoms with van der Waals surface area (Å²) in [6.45, 7) is 1.57. The number of rotatable bonds is 6. The predicted molar refractivity (Wildman–Crippen MR) is 85.8 cm³/mol. The van der Waals surface area contributed by atoms with Crippen LogP contribution in [-0.4, -0.2) is 23.2 Å². The van der Waals surface area contributed by atoms with Crippen molar-refractivity contribution < 1.29 is 4.74 Å². The molecule has 0 saturated heterocycles. The molecule has 0 fully saturated rings. The Hall–Kier alpha value is -2.49. The van der Waals surface area contributed by atoms with Crippen LogP contribution in [0.5, 0.6) is 5.75 Å². The summed E-state index contributed by atoms with van der Waals surface area (Å²) in [5.74, 6) is 1.82. The molecule has 1 heterocycles. The molecule has 2 aromatic carbocycles. The van der Waals surface area contributed by atoms with E-state index in [0.29, 0.717) is 6.61 Å². The highest BCUT2D eigenvalue weighted by Crippen LogP contribution is 2.19. The van der Waals surface area contributed by atoms with E-state index in [9.17, 15) is 0 Å². The smallest absolute Gasteiger partial charge is 0.203 e. The number of nitrogens with zero attached hydrogens (tertiary/aromatic N) is 2. The minimum Gasteiger partial charge on any atom is -0.494 e. The Labute approximate surface area is 124 Å². The number of benzene rings is 2. The zero-order chi connectivity index (χ0) is 14.5. The lowest BCUT2D eigenvalue weighted by Gasteiger charge is -2.09. The first-order chi connectivity index (χ1) is 10.4. The van der Waals surface area contributed by atoms with E-state index in [4.69, 9.17) is 4.74 Å². The second kappa shape index (κ2) is 6.31. The molecule has 21 heavy (non-hydrogen) atoms. The summed E-state index contributed by atoms with van der Waals surface area (Å²) in [6, 6.07) is 18.1. The standard InChI is InChI=1S/C17H19N3O/c1-18-17-19-15-10-5-6-11-16(15)20(17)12-7-13-21-14-8-3-2-4-9-14/h2-6,8-11H,7,12-13H2,1H3,(H,18,19). The number of ether oxygens (including phenoxy) is 1. The molecule has 4 nitrogen and oxygen atoms in total. The zero-order valence-electron chi connectivity index (χ0n) is 12.1. The highest BCUT2D eigenvalue weighted by atomic mass is 16.5. The van der Waals surface area contributed by atoms with Crippen molar-refractivity contribution in [1.82, 2.24) is 9.55 Å². The van der Waals surface area contributed by atoms with Gasteiger partial charge in [0.2, 0.25) is 5.95 Å². The van der Waals surface area contributed by atoms with Gasteiger partial charge in [0.1, 0.15) is 5.75 Å². The lowest BCUT2D eigenvalue weighted by atomic mass is 10.3. The number of imidazole rings is 1. The van der Waals surface area contributed by atoms with Gasteiger partial charge in [0.25, 0.3) is 0 Å². The molecule has 0 bridgehead atoms. The summed E-state index contributed by atoms with van der Waals surface area (Å²) in [5, 5.41) is 3.15. The van der Waals surface area contributed by atoms with Gasteiger partial charge < -0.3 is 14.6 Å². The van der Waals surface area contributed by atoms with E-state index in [1.54, 1.807) is 0 Å². The molecular formula is C17H19N3O. The highest BCUT2D eigenvalue weighted by Gasteiger charge is 2.08. The van der Waals surface area contributed by atoms with Crippen LogP contribution in [0.25, 0.3) is 11.0 Å². The Morgan fingerprint density at radius 1 is 1.05 bits per heavy atom. The van der Waals surface area contributed by atoms with Gasteiger partial charge in [-0.25, -0.2) is 4.98 Å². The summed E-state index contributed by atoms with van der Waals surface area (Å²) in [5.41, 5.74) is 2.17. The zero-order valence-corrected chi connectivity index (χ0v) is 12.1. The summed E-state index contributed by atoms with van der Waals surface area (Å²) in [7, 11) is 1.90. The minimum absolute atomic E-state index is 0.694. The van der Waals surface area contributed by atoms with E-state index in [2.05, 4.69) is 20.9 Å². The first kappa shape index (κ1) is 13.5. The fourth-order valence-electron chi connectivity index (χ4n) is 2.42. The van der Waals surface area contributed by atoms with E-state index in [0.717, 1.165) is 35.7 Å². The monoisotopic (exact) mass is 281 g/mol. The Kier molecular flexibility index (Phi) is 4.05. The van der Waals surface area contributed by atoms with Crippen LogP contribution in [0.4, 0.5) is 5.95 Å². The van der Waals surface area contributed by atoms with Crippen molar-refractivity contribution in [2.75, 3.05) is 19.0 Å². The molecule has 0 spiro atoms. The maximum Gasteiger partial charge on any atom is 0.203 e. The molecule has 0 aliphatic heterocycles. The van der Waals surface area contributed by atoms with Crippen molar-refractivity contribution in [2.24, 2.45) is 0 Å². The summed E-state index contributed by atoms with van der Waals surface area (Å²) in [6.07, 6.45) is 0.934. The molecule has 0 amide bonds. The van der Waals surface area contributed by atoms with E-state index >= 15 is 0 Å². The number of nitrogens with one attached hydrogen (secondary N) is 1. The molecule has 3 rings (SSSR count). The van der Waals surface area contributed by atoms with Gasteiger partial charge >= 0.3 is 0 Å². The number of para-hydroxylation sites is 3. The van der Waals surface area contributed by atoms with Gasteiger partial charge in [0.15, 0.2) is 0 Å². The third kappa shape index (κ3) is 2.99. The molecular weight excluding hydrogens is 262 g/mol. The molecule has 0 unspecified atom stereocenters. The van der Waals surface area contributed by atoms with Gasteiger partial charge in [-0.15, -0.1) is 0 Å².